The zero-order valence-electron chi connectivity index (χ0n) is 15.7. The van der Waals surface area contributed by atoms with E-state index in [1.165, 1.54) is 0 Å². The number of Topliss-reactive ketones (excluding diaryl/α,β-unsaturated/α-hetero) is 1. The number of hydrogen-bond donors (Lipinski definition) is 0. The van der Waals surface area contributed by atoms with Crippen LogP contribution >= 0.6 is 0 Å². The lowest BCUT2D eigenvalue weighted by molar-refractivity contribution is 0.0628. The number of amides is 1. The average molecular weight is 361 g/mol. The molecule has 1 atom stereocenters. The lowest BCUT2D eigenvalue weighted by Gasteiger charge is -2.32. The van der Waals surface area contributed by atoms with Crippen LogP contribution in [0.15, 0.2) is 48.7 Å². The van der Waals surface area contributed by atoms with E-state index in [1.54, 1.807) is 18.3 Å². The summed E-state index contributed by atoms with van der Waals surface area (Å²) in [5.41, 5.74) is 3.39. The molecule has 0 N–H and O–H groups in total. The van der Waals surface area contributed by atoms with Crippen molar-refractivity contribution in [2.24, 2.45) is 13.0 Å². The third-order valence-electron chi connectivity index (χ3n) is 5.47. The van der Waals surface area contributed by atoms with Gasteiger partial charge in [0, 0.05) is 37.6 Å². The highest BCUT2D eigenvalue weighted by atomic mass is 16.2. The summed E-state index contributed by atoms with van der Waals surface area (Å²) in [5, 5.41) is 1.07. The van der Waals surface area contributed by atoms with Gasteiger partial charge in [0.05, 0.1) is 5.52 Å². The Hall–Kier alpha value is -2.95. The molecule has 1 amide bonds. The van der Waals surface area contributed by atoms with Crippen molar-refractivity contribution in [1.29, 1.82) is 0 Å². The number of likely N-dealkylation sites (tertiary alicyclic amines) is 1. The van der Waals surface area contributed by atoms with Crippen LogP contribution in [0, 0.1) is 12.8 Å². The molecule has 2 aromatic heterocycles. The number of piperidine rings is 1. The molecule has 1 aliphatic rings. The number of pyridine rings is 1. The predicted molar refractivity (Wildman–Crippen MR) is 105 cm³/mol. The third kappa shape index (κ3) is 3.14. The molecule has 1 aliphatic heterocycles. The summed E-state index contributed by atoms with van der Waals surface area (Å²) in [7, 11) is 1.93. The van der Waals surface area contributed by atoms with E-state index in [0.29, 0.717) is 24.5 Å². The fraction of sp³-hybridized carbons (Fsp3) is 0.318. The van der Waals surface area contributed by atoms with Crippen molar-refractivity contribution in [1.82, 2.24) is 14.5 Å². The number of fused-ring (bicyclic) bond motifs is 1. The summed E-state index contributed by atoms with van der Waals surface area (Å²) < 4.78 is 1.97. The lowest BCUT2D eigenvalue weighted by atomic mass is 9.91. The molecule has 4 rings (SSSR count). The van der Waals surface area contributed by atoms with Gasteiger partial charge in [-0.15, -0.1) is 0 Å². The summed E-state index contributed by atoms with van der Waals surface area (Å²) in [4.78, 5) is 31.9. The molecule has 1 fully saturated rings. The fourth-order valence-electron chi connectivity index (χ4n) is 4.08. The van der Waals surface area contributed by atoms with Gasteiger partial charge in [0.15, 0.2) is 5.78 Å². The maximum Gasteiger partial charge on any atom is 0.270 e. The number of nitrogens with zero attached hydrogens (tertiary/aromatic N) is 3. The normalized spacial score (nSPS) is 17.3. The van der Waals surface area contributed by atoms with Crippen LogP contribution < -0.4 is 0 Å². The van der Waals surface area contributed by atoms with Crippen LogP contribution in [-0.2, 0) is 7.05 Å². The number of carbonyl (C=O) groups excluding carboxylic acids is 2. The quantitative estimate of drug-likeness (QED) is 0.670. The molecule has 5 heteroatoms. The van der Waals surface area contributed by atoms with Crippen molar-refractivity contribution in [3.63, 3.8) is 0 Å². The molecule has 0 spiro atoms. The van der Waals surface area contributed by atoms with E-state index in [2.05, 4.69) is 18.0 Å². The molecule has 3 heterocycles. The molecule has 27 heavy (non-hydrogen) atoms. The molecule has 0 saturated carbocycles. The lowest BCUT2D eigenvalue weighted by Crippen LogP contribution is -2.43. The van der Waals surface area contributed by atoms with Gasteiger partial charge in [-0.1, -0.05) is 24.3 Å². The number of hydrogen-bond acceptors (Lipinski definition) is 3. The zero-order valence-corrected chi connectivity index (χ0v) is 15.7. The Morgan fingerprint density at radius 1 is 1.15 bits per heavy atom. The molecule has 138 valence electrons. The molecule has 1 saturated heterocycles. The molecule has 0 bridgehead atoms. The maximum absolute atomic E-state index is 13.2. The van der Waals surface area contributed by atoms with Crippen molar-refractivity contribution in [3.8, 4) is 0 Å². The van der Waals surface area contributed by atoms with Gasteiger partial charge < -0.3 is 9.47 Å². The Bertz CT molecular complexity index is 1010. The predicted octanol–water partition coefficient (Wildman–Crippen LogP) is 3.62. The Kier molecular flexibility index (Phi) is 4.52. The smallest absolute Gasteiger partial charge is 0.270 e. The minimum atomic E-state index is -0.186. The molecule has 5 nitrogen and oxygen atoms in total. The van der Waals surface area contributed by atoms with E-state index in [0.717, 1.165) is 29.3 Å². The Balaban J connectivity index is 1.58. The van der Waals surface area contributed by atoms with Crippen LogP contribution in [0.4, 0.5) is 0 Å². The summed E-state index contributed by atoms with van der Waals surface area (Å²) in [6.45, 7) is 3.19. The highest BCUT2D eigenvalue weighted by Crippen LogP contribution is 2.26. The van der Waals surface area contributed by atoms with Crippen LogP contribution in [0.3, 0.4) is 0 Å². The number of carbonyl (C=O) groups is 2. The van der Waals surface area contributed by atoms with Gasteiger partial charge in [-0.05, 0) is 43.5 Å². The number of benzene rings is 1. The minimum absolute atomic E-state index is 0.00776. The van der Waals surface area contributed by atoms with Crippen LogP contribution in [0.1, 0.15) is 39.4 Å². The van der Waals surface area contributed by atoms with Gasteiger partial charge >= 0.3 is 0 Å². The first-order chi connectivity index (χ1) is 13.1. The zero-order chi connectivity index (χ0) is 19.0. The highest BCUT2D eigenvalue weighted by molar-refractivity contribution is 6.00. The Morgan fingerprint density at radius 2 is 2.00 bits per heavy atom. The van der Waals surface area contributed by atoms with Gasteiger partial charge in [0.1, 0.15) is 11.4 Å². The van der Waals surface area contributed by atoms with Crippen molar-refractivity contribution in [3.05, 3.63) is 65.6 Å². The van der Waals surface area contributed by atoms with Crippen LogP contribution in [-0.4, -0.2) is 39.2 Å². The second-order valence-corrected chi connectivity index (χ2v) is 7.27. The van der Waals surface area contributed by atoms with Gasteiger partial charge in [0.2, 0.25) is 0 Å². The van der Waals surface area contributed by atoms with Gasteiger partial charge in [-0.3, -0.25) is 14.6 Å². The van der Waals surface area contributed by atoms with Crippen molar-refractivity contribution >= 4 is 22.6 Å². The Labute approximate surface area is 158 Å². The second-order valence-electron chi connectivity index (χ2n) is 7.27. The van der Waals surface area contributed by atoms with Gasteiger partial charge in [0.25, 0.3) is 5.91 Å². The van der Waals surface area contributed by atoms with Crippen LogP contribution in [0.25, 0.3) is 10.9 Å². The number of ketones is 1. The second kappa shape index (κ2) is 6.99. The summed E-state index contributed by atoms with van der Waals surface area (Å²) in [5.74, 6) is -0.165. The van der Waals surface area contributed by atoms with E-state index >= 15 is 0 Å². The molecular weight excluding hydrogens is 338 g/mol. The SMILES string of the molecule is Cc1cccc2cc(C(=O)N3CCCC(C(=O)c4ccccn4)C3)n(C)c12. The summed E-state index contributed by atoms with van der Waals surface area (Å²) in [6, 6.07) is 13.4. The number of aromatic nitrogens is 2. The molecule has 0 radical (unpaired) electrons. The first-order valence-corrected chi connectivity index (χ1v) is 9.36. The Morgan fingerprint density at radius 3 is 2.74 bits per heavy atom. The third-order valence-corrected chi connectivity index (χ3v) is 5.47. The molecular formula is C22H23N3O2. The van der Waals surface area contributed by atoms with E-state index in [4.69, 9.17) is 0 Å². The molecule has 0 aliphatic carbocycles. The standard InChI is InChI=1S/C22H23N3O2/c1-15-7-5-8-16-13-19(24(2)20(15)16)22(27)25-12-6-9-17(14-25)21(26)18-10-3-4-11-23-18/h3-5,7-8,10-11,13,17H,6,9,12,14H2,1-2H3. The van der Waals surface area contributed by atoms with E-state index in [1.807, 2.05) is 40.8 Å². The van der Waals surface area contributed by atoms with Crippen LogP contribution in [0.2, 0.25) is 0 Å². The van der Waals surface area contributed by atoms with Crippen LogP contribution in [0.5, 0.6) is 0 Å². The van der Waals surface area contributed by atoms with Crippen molar-refractivity contribution in [2.45, 2.75) is 19.8 Å². The molecule has 1 aromatic carbocycles. The number of para-hydroxylation sites is 1. The first-order valence-electron chi connectivity index (χ1n) is 9.36. The van der Waals surface area contributed by atoms with E-state index in [9.17, 15) is 9.59 Å². The summed E-state index contributed by atoms with van der Waals surface area (Å²) in [6.07, 6.45) is 3.27. The largest absolute Gasteiger partial charge is 0.339 e. The topological polar surface area (TPSA) is 55.2 Å². The van der Waals surface area contributed by atoms with E-state index in [-0.39, 0.29) is 17.6 Å². The maximum atomic E-state index is 13.2. The molecule has 3 aromatic rings. The number of rotatable bonds is 3. The van der Waals surface area contributed by atoms with Gasteiger partial charge in [-0.25, -0.2) is 0 Å². The monoisotopic (exact) mass is 361 g/mol. The summed E-state index contributed by atoms with van der Waals surface area (Å²) >= 11 is 0. The van der Waals surface area contributed by atoms with Crippen molar-refractivity contribution < 1.29 is 9.59 Å². The molecule has 1 unspecified atom stereocenters. The van der Waals surface area contributed by atoms with Gasteiger partial charge in [-0.2, -0.15) is 0 Å². The van der Waals surface area contributed by atoms with E-state index < -0.39 is 0 Å². The van der Waals surface area contributed by atoms with Crippen molar-refractivity contribution in [2.75, 3.05) is 13.1 Å². The highest BCUT2D eigenvalue weighted by Gasteiger charge is 2.31. The number of aryl methyl sites for hydroxylation is 2. The fourth-order valence-corrected chi connectivity index (χ4v) is 4.08. The minimum Gasteiger partial charge on any atom is -0.339 e. The average Bonchev–Trinajstić information content (AvgIpc) is 3.05. The first kappa shape index (κ1) is 17.5.